The van der Waals surface area contributed by atoms with Gasteiger partial charge in [-0.25, -0.2) is 4.98 Å². The van der Waals surface area contributed by atoms with Crippen LogP contribution in [-0.4, -0.2) is 42.6 Å². The number of aromatic amines is 1. The highest BCUT2D eigenvalue weighted by Gasteiger charge is 2.03. The summed E-state index contributed by atoms with van der Waals surface area (Å²) in [6.45, 7) is 3.67. The number of nitrogens with zero attached hydrogens (tertiary/aromatic N) is 2. The molecule has 1 aromatic carbocycles. The van der Waals surface area contributed by atoms with Crippen molar-refractivity contribution < 1.29 is 9.53 Å². The number of anilines is 1. The number of benzene rings is 1. The molecule has 1 heterocycles. The zero-order valence-corrected chi connectivity index (χ0v) is 15.8. The van der Waals surface area contributed by atoms with Gasteiger partial charge in [0.15, 0.2) is 0 Å². The van der Waals surface area contributed by atoms with E-state index in [1.54, 1.807) is 6.33 Å². The third kappa shape index (κ3) is 7.59. The molecule has 26 heavy (non-hydrogen) atoms. The van der Waals surface area contributed by atoms with Gasteiger partial charge in [0.05, 0.1) is 12.9 Å². The summed E-state index contributed by atoms with van der Waals surface area (Å²) in [4.78, 5) is 20.2. The number of unbranched alkanes of at least 4 members (excludes halogenated alkanes) is 3. The number of hydrogen-bond donors (Lipinski definition) is 2. The van der Waals surface area contributed by atoms with E-state index in [0.717, 1.165) is 37.4 Å². The summed E-state index contributed by atoms with van der Waals surface area (Å²) < 4.78 is 5.88. The summed E-state index contributed by atoms with van der Waals surface area (Å²) in [6, 6.07) is 8.09. The Labute approximate surface area is 156 Å². The van der Waals surface area contributed by atoms with Crippen LogP contribution in [-0.2, 0) is 11.2 Å². The first-order valence-electron chi connectivity index (χ1n) is 9.31. The molecule has 0 aliphatic carbocycles. The van der Waals surface area contributed by atoms with Gasteiger partial charge in [-0.3, -0.25) is 4.79 Å². The predicted molar refractivity (Wildman–Crippen MR) is 105 cm³/mol. The summed E-state index contributed by atoms with van der Waals surface area (Å²) in [6.07, 6.45) is 9.30. The van der Waals surface area contributed by atoms with Crippen LogP contribution in [0, 0.1) is 0 Å². The lowest BCUT2D eigenvalue weighted by Crippen LogP contribution is -2.31. The Hall–Kier alpha value is -2.50. The van der Waals surface area contributed by atoms with Gasteiger partial charge in [0.1, 0.15) is 5.75 Å². The van der Waals surface area contributed by atoms with Crippen molar-refractivity contribution in [1.82, 2.24) is 15.3 Å². The third-order valence-corrected chi connectivity index (χ3v) is 4.24. The average Bonchev–Trinajstić information content (AvgIpc) is 3.14. The minimum atomic E-state index is 0.0000443. The number of carbonyl (C=O) groups excluding carboxylic acids is 1. The van der Waals surface area contributed by atoms with Gasteiger partial charge in [-0.2, -0.15) is 0 Å². The second-order valence-corrected chi connectivity index (χ2v) is 6.49. The van der Waals surface area contributed by atoms with Crippen LogP contribution in [0.2, 0.25) is 0 Å². The molecule has 0 atom stereocenters. The number of ether oxygens (including phenoxy) is 1. The molecule has 0 fully saturated rings. The number of hydrogen-bond acceptors (Lipinski definition) is 4. The molecule has 0 bridgehead atoms. The molecule has 0 saturated heterocycles. The normalized spacial score (nSPS) is 10.5. The van der Waals surface area contributed by atoms with Crippen LogP contribution in [0.5, 0.6) is 5.75 Å². The first-order chi connectivity index (χ1) is 12.6. The fourth-order valence-electron chi connectivity index (χ4n) is 2.72. The zero-order valence-electron chi connectivity index (χ0n) is 15.8. The van der Waals surface area contributed by atoms with Crippen molar-refractivity contribution in [2.24, 2.45) is 0 Å². The molecule has 0 radical (unpaired) electrons. The fraction of sp³-hybridized carbons (Fsp3) is 0.500. The number of imidazole rings is 1. The van der Waals surface area contributed by atoms with Gasteiger partial charge in [-0.05, 0) is 31.4 Å². The van der Waals surface area contributed by atoms with Gasteiger partial charge in [0, 0.05) is 50.7 Å². The monoisotopic (exact) mass is 358 g/mol. The number of amides is 1. The Morgan fingerprint density at radius 1 is 1.27 bits per heavy atom. The molecule has 0 saturated carbocycles. The highest BCUT2D eigenvalue weighted by molar-refractivity contribution is 5.72. The zero-order chi connectivity index (χ0) is 18.6. The van der Waals surface area contributed by atoms with Crippen molar-refractivity contribution in [2.75, 3.05) is 31.6 Å². The Balaban J connectivity index is 1.60. The maximum Gasteiger partial charge on any atom is 0.216 e. The van der Waals surface area contributed by atoms with Crippen molar-refractivity contribution in [1.29, 1.82) is 0 Å². The molecule has 142 valence electrons. The lowest BCUT2D eigenvalue weighted by Gasteiger charge is -2.20. The molecule has 1 aromatic heterocycles. The van der Waals surface area contributed by atoms with Crippen LogP contribution in [0.3, 0.4) is 0 Å². The van der Waals surface area contributed by atoms with Gasteiger partial charge in [-0.15, -0.1) is 0 Å². The first-order valence-corrected chi connectivity index (χ1v) is 9.31. The van der Waals surface area contributed by atoms with Gasteiger partial charge < -0.3 is 19.9 Å². The highest BCUT2D eigenvalue weighted by Crippen LogP contribution is 2.20. The lowest BCUT2D eigenvalue weighted by molar-refractivity contribution is -0.118. The minimum absolute atomic E-state index is 0.0000443. The van der Waals surface area contributed by atoms with Crippen molar-refractivity contribution in [3.63, 3.8) is 0 Å². The maximum absolute atomic E-state index is 10.9. The van der Waals surface area contributed by atoms with E-state index in [4.69, 9.17) is 4.74 Å². The van der Waals surface area contributed by atoms with Crippen molar-refractivity contribution in [3.05, 3.63) is 42.5 Å². The fourth-order valence-corrected chi connectivity index (χ4v) is 2.72. The second-order valence-electron chi connectivity index (χ2n) is 6.49. The molecule has 0 aliphatic heterocycles. The van der Waals surface area contributed by atoms with Crippen LogP contribution in [0.25, 0.3) is 0 Å². The molecule has 0 aliphatic rings. The first kappa shape index (κ1) is 19.8. The van der Waals surface area contributed by atoms with Crippen LogP contribution in [0.15, 0.2) is 36.8 Å². The largest absolute Gasteiger partial charge is 0.494 e. The number of nitrogens with one attached hydrogen (secondary N) is 2. The van der Waals surface area contributed by atoms with E-state index in [1.165, 1.54) is 31.9 Å². The Morgan fingerprint density at radius 3 is 2.88 bits per heavy atom. The van der Waals surface area contributed by atoms with Crippen LogP contribution in [0.1, 0.15) is 38.3 Å². The molecule has 2 N–H and O–H groups in total. The second kappa shape index (κ2) is 11.2. The molecule has 2 aromatic rings. The van der Waals surface area contributed by atoms with Crippen molar-refractivity contribution >= 4 is 11.6 Å². The standard InChI is InChI=1S/C20H30N4O2/c1-17(25)22-11-12-24(2)19-9-7-10-20(14-19)26-13-6-4-3-5-8-18-15-21-16-23-18/h7,9-10,14-16H,3-6,8,11-13H2,1-2H3,(H,21,23)(H,22,25). The van der Waals surface area contributed by atoms with Gasteiger partial charge in [0.2, 0.25) is 5.91 Å². The number of rotatable bonds is 12. The van der Waals surface area contributed by atoms with E-state index in [1.807, 2.05) is 31.4 Å². The summed E-state index contributed by atoms with van der Waals surface area (Å²) in [5.74, 6) is 0.895. The molecule has 6 heteroatoms. The van der Waals surface area contributed by atoms with Crippen LogP contribution < -0.4 is 15.0 Å². The summed E-state index contributed by atoms with van der Waals surface area (Å²) >= 11 is 0. The Bertz CT molecular complexity index is 643. The van der Waals surface area contributed by atoms with E-state index < -0.39 is 0 Å². The third-order valence-electron chi connectivity index (χ3n) is 4.24. The van der Waals surface area contributed by atoms with Gasteiger partial charge in [-0.1, -0.05) is 18.9 Å². The molecular formula is C20H30N4O2. The number of carbonyl (C=O) groups is 1. The number of aryl methyl sites for hydroxylation is 1. The smallest absolute Gasteiger partial charge is 0.216 e. The van der Waals surface area contributed by atoms with E-state index in [9.17, 15) is 4.79 Å². The Morgan fingerprint density at radius 2 is 2.12 bits per heavy atom. The molecule has 0 unspecified atom stereocenters. The molecule has 1 amide bonds. The SMILES string of the molecule is CC(=O)NCCN(C)c1cccc(OCCCCCCc2cnc[nH]2)c1. The summed E-state index contributed by atoms with van der Waals surface area (Å²) in [5.41, 5.74) is 2.30. The predicted octanol–water partition coefficient (Wildman–Crippen LogP) is 3.16. The summed E-state index contributed by atoms with van der Waals surface area (Å²) in [7, 11) is 2.01. The maximum atomic E-state index is 10.9. The molecular weight excluding hydrogens is 328 g/mol. The quantitative estimate of drug-likeness (QED) is 0.572. The van der Waals surface area contributed by atoms with Gasteiger partial charge >= 0.3 is 0 Å². The molecule has 0 spiro atoms. The summed E-state index contributed by atoms with van der Waals surface area (Å²) in [5, 5.41) is 2.81. The number of H-pyrrole nitrogens is 1. The minimum Gasteiger partial charge on any atom is -0.494 e. The van der Waals surface area contributed by atoms with Gasteiger partial charge in [0.25, 0.3) is 0 Å². The Kier molecular flexibility index (Phi) is 8.52. The number of aromatic nitrogens is 2. The van der Waals surface area contributed by atoms with E-state index in [-0.39, 0.29) is 5.91 Å². The highest BCUT2D eigenvalue weighted by atomic mass is 16.5. The topological polar surface area (TPSA) is 70.2 Å². The van der Waals surface area contributed by atoms with Crippen LogP contribution >= 0.6 is 0 Å². The lowest BCUT2D eigenvalue weighted by atomic mass is 10.1. The average molecular weight is 358 g/mol. The van der Waals surface area contributed by atoms with E-state index in [2.05, 4.69) is 26.3 Å². The van der Waals surface area contributed by atoms with E-state index in [0.29, 0.717) is 6.54 Å². The molecule has 2 rings (SSSR count). The van der Waals surface area contributed by atoms with E-state index >= 15 is 0 Å². The van der Waals surface area contributed by atoms with Crippen molar-refractivity contribution in [2.45, 2.75) is 39.0 Å². The number of likely N-dealkylation sites (N-methyl/N-ethyl adjacent to an activating group) is 1. The molecule has 6 nitrogen and oxygen atoms in total. The van der Waals surface area contributed by atoms with Crippen LogP contribution in [0.4, 0.5) is 5.69 Å². The van der Waals surface area contributed by atoms with Crippen molar-refractivity contribution in [3.8, 4) is 5.75 Å².